The number of aryl methyl sites for hydroxylation is 4. The van der Waals surface area contributed by atoms with Gasteiger partial charge in [-0.3, -0.25) is 0 Å². The smallest absolute Gasteiger partial charge is 0.343 e. The Balaban J connectivity index is 0.000000199. The Hall–Kier alpha value is -4.91. The zero-order valence-corrected chi connectivity index (χ0v) is 31.9. The summed E-state index contributed by atoms with van der Waals surface area (Å²) in [4.78, 5) is 19.2. The highest BCUT2D eigenvalue weighted by Crippen LogP contribution is 2.37. The zero-order chi connectivity index (χ0) is 36.2. The van der Waals surface area contributed by atoms with Gasteiger partial charge in [-0.05, 0) is 105 Å². The van der Waals surface area contributed by atoms with Gasteiger partial charge in [0.1, 0.15) is 11.5 Å². The van der Waals surface area contributed by atoms with Crippen LogP contribution in [0.3, 0.4) is 0 Å². The molecule has 0 aliphatic rings. The maximum atomic E-state index is 11.4. The Morgan fingerprint density at radius 1 is 0.471 bits per heavy atom. The summed E-state index contributed by atoms with van der Waals surface area (Å²) in [6.07, 6.45) is 0. The Labute approximate surface area is 309 Å². The zero-order valence-electron chi connectivity index (χ0n) is 30.2. The van der Waals surface area contributed by atoms with E-state index in [1.54, 1.807) is 0 Å². The lowest BCUT2D eigenvalue weighted by molar-refractivity contribution is -0.142. The van der Waals surface area contributed by atoms with Crippen molar-refractivity contribution < 1.29 is 19.0 Å². The quantitative estimate of drug-likeness (QED) is 0.0990. The number of esters is 1. The van der Waals surface area contributed by atoms with E-state index in [-0.39, 0.29) is 34.4 Å². The maximum absolute atomic E-state index is 11.4. The molecule has 260 valence electrons. The van der Waals surface area contributed by atoms with Crippen molar-refractivity contribution in [3.8, 4) is 11.5 Å². The van der Waals surface area contributed by atoms with Crippen molar-refractivity contribution in [1.29, 1.82) is 0 Å². The first kappa shape index (κ1) is 37.3. The second-order valence-corrected chi connectivity index (χ2v) is 16.0. The molecule has 0 aliphatic carbocycles. The predicted octanol–water partition coefficient (Wildman–Crippen LogP) is 10.7. The van der Waals surface area contributed by atoms with Gasteiger partial charge in [-0.1, -0.05) is 72.8 Å². The Morgan fingerprint density at radius 3 is 1.04 bits per heavy atom. The highest BCUT2D eigenvalue weighted by atomic mass is 32.2. The maximum Gasteiger partial charge on any atom is 0.343 e. The van der Waals surface area contributed by atoms with Crippen LogP contribution < -0.4 is 9.47 Å². The fraction of sp³-hybridized carbons (Fsp3) is 0.178. The standard InChI is InChI=1S/C23H23O3S.C22H23OS/c1-17-14-21(15-18(2)23(17)26-16-22(24)25-3)27(19-10-6-4-7-11-19)20-12-8-5-9-13-20;1-4-23-22-17(2)15-21(16-18(22)3)24(19-11-7-5-8-12-19)20-13-9-6-10-14-20/h4-15H,16H2,1-3H3;5-16H,4H2,1-3H3/q2*+1. The highest BCUT2D eigenvalue weighted by molar-refractivity contribution is 7.97. The van der Waals surface area contributed by atoms with E-state index < -0.39 is 0 Å². The van der Waals surface area contributed by atoms with E-state index in [0.29, 0.717) is 6.61 Å². The summed E-state index contributed by atoms with van der Waals surface area (Å²) in [5.41, 5.74) is 4.43. The van der Waals surface area contributed by atoms with E-state index >= 15 is 0 Å². The van der Waals surface area contributed by atoms with Crippen LogP contribution in [0.1, 0.15) is 29.2 Å². The van der Waals surface area contributed by atoms with E-state index in [4.69, 9.17) is 9.47 Å². The van der Waals surface area contributed by atoms with Gasteiger partial charge in [-0.15, -0.1) is 0 Å². The van der Waals surface area contributed by atoms with Crippen molar-refractivity contribution in [1.82, 2.24) is 0 Å². The van der Waals surface area contributed by atoms with Crippen molar-refractivity contribution in [2.24, 2.45) is 0 Å². The summed E-state index contributed by atoms with van der Waals surface area (Å²) in [5.74, 6) is 1.38. The molecule has 6 aromatic rings. The van der Waals surface area contributed by atoms with Gasteiger partial charge in [-0.25, -0.2) is 4.79 Å². The van der Waals surface area contributed by atoms with Gasteiger partial charge in [0.25, 0.3) is 0 Å². The second kappa shape index (κ2) is 18.4. The number of carbonyl (C=O) groups is 1. The van der Waals surface area contributed by atoms with Crippen LogP contribution >= 0.6 is 0 Å². The van der Waals surface area contributed by atoms with E-state index in [2.05, 4.69) is 152 Å². The number of benzene rings is 6. The van der Waals surface area contributed by atoms with Crippen LogP contribution in [-0.4, -0.2) is 26.3 Å². The van der Waals surface area contributed by atoms with E-state index in [1.807, 2.05) is 32.9 Å². The molecule has 0 amide bonds. The molecule has 0 aromatic heterocycles. The largest absolute Gasteiger partial charge is 0.493 e. The number of hydrogen-bond donors (Lipinski definition) is 0. The molecule has 0 saturated carbocycles. The van der Waals surface area contributed by atoms with Crippen LogP contribution in [0.2, 0.25) is 0 Å². The molecule has 6 rings (SSSR count). The van der Waals surface area contributed by atoms with Crippen LogP contribution in [0.15, 0.2) is 175 Å². The molecule has 6 heteroatoms. The van der Waals surface area contributed by atoms with Gasteiger partial charge < -0.3 is 14.2 Å². The van der Waals surface area contributed by atoms with Crippen LogP contribution in [0, 0.1) is 27.7 Å². The number of carbonyl (C=O) groups excluding carboxylic acids is 1. The molecule has 51 heavy (non-hydrogen) atoms. The third-order valence-electron chi connectivity index (χ3n) is 8.11. The van der Waals surface area contributed by atoms with Crippen molar-refractivity contribution >= 4 is 27.8 Å². The summed E-state index contributed by atoms with van der Waals surface area (Å²) in [7, 11) is 1.05. The minimum Gasteiger partial charge on any atom is -0.493 e. The molecule has 0 saturated heterocycles. The molecule has 0 unspecified atom stereocenters. The molecular weight excluding hydrogens is 669 g/mol. The van der Waals surface area contributed by atoms with Gasteiger partial charge in [0.05, 0.1) is 35.5 Å². The molecule has 0 fully saturated rings. The summed E-state index contributed by atoms with van der Waals surface area (Å²) >= 11 is 0. The Morgan fingerprint density at radius 2 is 0.765 bits per heavy atom. The molecule has 0 bridgehead atoms. The third-order valence-corrected chi connectivity index (χ3v) is 12.5. The third kappa shape index (κ3) is 9.66. The van der Waals surface area contributed by atoms with Crippen molar-refractivity contribution in [2.45, 2.75) is 64.0 Å². The van der Waals surface area contributed by atoms with E-state index in [1.165, 1.54) is 47.6 Å². The lowest BCUT2D eigenvalue weighted by Gasteiger charge is -2.14. The monoisotopic (exact) mass is 714 g/mol. The van der Waals surface area contributed by atoms with Crippen molar-refractivity contribution in [3.63, 3.8) is 0 Å². The molecule has 6 aromatic carbocycles. The summed E-state index contributed by atoms with van der Waals surface area (Å²) < 4.78 is 16.2. The van der Waals surface area contributed by atoms with Crippen LogP contribution in [0.25, 0.3) is 0 Å². The number of rotatable bonds is 11. The van der Waals surface area contributed by atoms with Gasteiger partial charge in [-0.2, -0.15) is 0 Å². The molecule has 0 atom stereocenters. The molecule has 4 nitrogen and oxygen atoms in total. The van der Waals surface area contributed by atoms with E-state index in [0.717, 1.165) is 22.6 Å². The van der Waals surface area contributed by atoms with Gasteiger partial charge in [0.2, 0.25) is 0 Å². The van der Waals surface area contributed by atoms with Gasteiger partial charge >= 0.3 is 5.97 Å². The number of ether oxygens (including phenoxy) is 3. The van der Waals surface area contributed by atoms with Crippen molar-refractivity contribution in [3.05, 3.63) is 168 Å². The normalized spacial score (nSPS) is 10.7. The lowest BCUT2D eigenvalue weighted by Crippen LogP contribution is -2.14. The highest BCUT2D eigenvalue weighted by Gasteiger charge is 2.31. The SMILES string of the molecule is CCOc1c(C)cc([S+](c2ccccc2)c2ccccc2)cc1C.COC(=O)COc1c(C)cc([S+](c2ccccc2)c2ccccc2)cc1C. The summed E-state index contributed by atoms with van der Waals surface area (Å²) in [6.45, 7) is 11.0. The molecular formula is C45H46O4S2+2. The van der Waals surface area contributed by atoms with Crippen molar-refractivity contribution in [2.75, 3.05) is 20.3 Å². The first-order chi connectivity index (χ1) is 24.8. The fourth-order valence-corrected chi connectivity index (χ4v) is 10.4. The number of methoxy groups -OCH3 is 1. The topological polar surface area (TPSA) is 44.8 Å². The van der Waals surface area contributed by atoms with Crippen LogP contribution in [0.4, 0.5) is 0 Å². The fourth-order valence-electron chi connectivity index (χ4n) is 5.89. The average molecular weight is 715 g/mol. The Bertz CT molecular complexity index is 1870. The first-order valence-electron chi connectivity index (χ1n) is 17.0. The molecule has 0 spiro atoms. The van der Waals surface area contributed by atoms with Crippen LogP contribution in [0.5, 0.6) is 11.5 Å². The van der Waals surface area contributed by atoms with Gasteiger partial charge in [0.15, 0.2) is 36.0 Å². The molecule has 0 aliphatic heterocycles. The minimum atomic E-state index is -0.383. The summed E-state index contributed by atoms with van der Waals surface area (Å²) in [5, 5.41) is 0. The minimum absolute atomic E-state index is 0.0827. The molecule has 0 heterocycles. The van der Waals surface area contributed by atoms with Crippen LogP contribution in [-0.2, 0) is 31.3 Å². The second-order valence-electron chi connectivity index (χ2n) is 11.9. The summed E-state index contributed by atoms with van der Waals surface area (Å²) in [6, 6.07) is 51.4. The first-order valence-corrected chi connectivity index (χ1v) is 19.5. The average Bonchev–Trinajstić information content (AvgIpc) is 3.15. The van der Waals surface area contributed by atoms with E-state index in [9.17, 15) is 4.79 Å². The number of hydrogen-bond acceptors (Lipinski definition) is 4. The predicted molar refractivity (Wildman–Crippen MR) is 211 cm³/mol. The Kier molecular flexibility index (Phi) is 13.4. The lowest BCUT2D eigenvalue weighted by atomic mass is 10.1. The molecule has 0 radical (unpaired) electrons. The van der Waals surface area contributed by atoms with Gasteiger partial charge in [0, 0.05) is 24.3 Å². The molecule has 0 N–H and O–H groups in total.